The van der Waals surface area contributed by atoms with Crippen LogP contribution in [-0.2, 0) is 9.59 Å². The van der Waals surface area contributed by atoms with Gasteiger partial charge >= 0.3 is 0 Å². The van der Waals surface area contributed by atoms with Crippen molar-refractivity contribution in [3.63, 3.8) is 0 Å². The van der Waals surface area contributed by atoms with Gasteiger partial charge < -0.3 is 4.90 Å². The standard InChI is InChI=1S/C11H20N2O2/c1-4-13(5-2)7-6-10(3)8-11(15)12-9-14/h8-9H,4-7H2,1-3H3,(H,12,14,15). The second-order valence-electron chi connectivity index (χ2n) is 3.39. The fraction of sp³-hybridized carbons (Fsp3) is 0.636. The Labute approximate surface area is 91.3 Å². The van der Waals surface area contributed by atoms with Crippen LogP contribution in [0.5, 0.6) is 0 Å². The van der Waals surface area contributed by atoms with Crippen LogP contribution in [0.2, 0.25) is 0 Å². The van der Waals surface area contributed by atoms with Crippen LogP contribution in [0.3, 0.4) is 0 Å². The van der Waals surface area contributed by atoms with Crippen LogP contribution in [0.15, 0.2) is 11.6 Å². The highest BCUT2D eigenvalue weighted by molar-refractivity contribution is 5.94. The quantitative estimate of drug-likeness (QED) is 0.504. The van der Waals surface area contributed by atoms with Crippen LogP contribution in [-0.4, -0.2) is 36.9 Å². The molecule has 0 aromatic carbocycles. The third-order valence-corrected chi connectivity index (χ3v) is 2.30. The highest BCUT2D eigenvalue weighted by Crippen LogP contribution is 2.01. The fourth-order valence-electron chi connectivity index (χ4n) is 1.27. The van der Waals surface area contributed by atoms with Gasteiger partial charge in [0.25, 0.3) is 0 Å². The van der Waals surface area contributed by atoms with Gasteiger partial charge in [0.2, 0.25) is 12.3 Å². The van der Waals surface area contributed by atoms with Crippen molar-refractivity contribution >= 4 is 12.3 Å². The molecule has 0 radical (unpaired) electrons. The van der Waals surface area contributed by atoms with Crippen LogP contribution in [0.4, 0.5) is 0 Å². The van der Waals surface area contributed by atoms with Crippen molar-refractivity contribution in [3.8, 4) is 0 Å². The van der Waals surface area contributed by atoms with Crippen molar-refractivity contribution < 1.29 is 9.59 Å². The van der Waals surface area contributed by atoms with Gasteiger partial charge in [-0.3, -0.25) is 14.9 Å². The van der Waals surface area contributed by atoms with Gasteiger partial charge in [0.1, 0.15) is 0 Å². The summed E-state index contributed by atoms with van der Waals surface area (Å²) >= 11 is 0. The van der Waals surface area contributed by atoms with Crippen LogP contribution in [0.25, 0.3) is 0 Å². The highest BCUT2D eigenvalue weighted by atomic mass is 16.2. The molecular weight excluding hydrogens is 192 g/mol. The number of hydrogen-bond donors (Lipinski definition) is 1. The first kappa shape index (κ1) is 13.8. The summed E-state index contributed by atoms with van der Waals surface area (Å²) in [5.74, 6) is -0.345. The summed E-state index contributed by atoms with van der Waals surface area (Å²) in [7, 11) is 0. The van der Waals surface area contributed by atoms with Crippen LogP contribution in [0, 0.1) is 0 Å². The van der Waals surface area contributed by atoms with Crippen LogP contribution >= 0.6 is 0 Å². The lowest BCUT2D eigenvalue weighted by Gasteiger charge is -2.17. The largest absolute Gasteiger partial charge is 0.304 e. The van der Waals surface area contributed by atoms with Crippen molar-refractivity contribution in [1.82, 2.24) is 10.2 Å². The smallest absolute Gasteiger partial charge is 0.250 e. The van der Waals surface area contributed by atoms with Gasteiger partial charge in [0, 0.05) is 12.6 Å². The summed E-state index contributed by atoms with van der Waals surface area (Å²) in [5.41, 5.74) is 0.987. The molecule has 0 fully saturated rings. The van der Waals surface area contributed by atoms with E-state index < -0.39 is 0 Å². The summed E-state index contributed by atoms with van der Waals surface area (Å²) in [6.07, 6.45) is 2.72. The predicted molar refractivity (Wildman–Crippen MR) is 60.4 cm³/mol. The van der Waals surface area contributed by atoms with E-state index in [0.29, 0.717) is 6.41 Å². The zero-order valence-electron chi connectivity index (χ0n) is 9.75. The van der Waals surface area contributed by atoms with Crippen LogP contribution < -0.4 is 5.32 Å². The second kappa shape index (κ2) is 8.17. The van der Waals surface area contributed by atoms with Crippen molar-refractivity contribution in [3.05, 3.63) is 11.6 Å². The predicted octanol–water partition coefficient (Wildman–Crippen LogP) is 0.937. The molecule has 0 saturated carbocycles. The van der Waals surface area contributed by atoms with Crippen molar-refractivity contribution in [2.75, 3.05) is 19.6 Å². The molecule has 2 amide bonds. The molecule has 0 aliphatic heterocycles. The zero-order valence-corrected chi connectivity index (χ0v) is 9.75. The van der Waals surface area contributed by atoms with E-state index in [1.165, 1.54) is 6.08 Å². The van der Waals surface area contributed by atoms with Crippen molar-refractivity contribution in [2.45, 2.75) is 27.2 Å². The fourth-order valence-corrected chi connectivity index (χ4v) is 1.27. The first-order valence-electron chi connectivity index (χ1n) is 5.27. The number of imide groups is 1. The number of amides is 2. The SMILES string of the molecule is CCN(CC)CCC(C)=CC(=O)NC=O. The number of rotatable bonds is 7. The Bertz CT molecular complexity index is 233. The van der Waals surface area contributed by atoms with Gasteiger partial charge in [-0.05, 0) is 26.4 Å². The molecule has 0 aromatic rings. The molecule has 0 heterocycles. The lowest BCUT2D eigenvalue weighted by atomic mass is 10.2. The number of carbonyl (C=O) groups excluding carboxylic acids is 2. The van der Waals surface area contributed by atoms with Gasteiger partial charge in [0.15, 0.2) is 0 Å². The van der Waals surface area contributed by atoms with Gasteiger partial charge in [-0.1, -0.05) is 19.4 Å². The lowest BCUT2D eigenvalue weighted by molar-refractivity contribution is -0.121. The molecule has 4 heteroatoms. The number of hydrogen-bond acceptors (Lipinski definition) is 3. The number of nitrogens with zero attached hydrogens (tertiary/aromatic N) is 1. The molecule has 0 aromatic heterocycles. The third kappa shape index (κ3) is 6.85. The monoisotopic (exact) mass is 212 g/mol. The molecular formula is C11H20N2O2. The Morgan fingerprint density at radius 2 is 1.93 bits per heavy atom. The minimum absolute atomic E-state index is 0.345. The van der Waals surface area contributed by atoms with Gasteiger partial charge in [-0.25, -0.2) is 0 Å². The van der Waals surface area contributed by atoms with Gasteiger partial charge in [-0.15, -0.1) is 0 Å². The Morgan fingerprint density at radius 3 is 2.40 bits per heavy atom. The Morgan fingerprint density at radius 1 is 1.33 bits per heavy atom. The van der Waals surface area contributed by atoms with Gasteiger partial charge in [0.05, 0.1) is 0 Å². The summed E-state index contributed by atoms with van der Waals surface area (Å²) in [6.45, 7) is 9.11. The van der Waals surface area contributed by atoms with E-state index >= 15 is 0 Å². The Hall–Kier alpha value is -1.16. The molecule has 4 nitrogen and oxygen atoms in total. The molecule has 0 bridgehead atoms. The topological polar surface area (TPSA) is 49.4 Å². The van der Waals surface area contributed by atoms with E-state index in [0.717, 1.165) is 31.6 Å². The number of carbonyl (C=O) groups is 2. The summed E-state index contributed by atoms with van der Waals surface area (Å²) < 4.78 is 0. The van der Waals surface area contributed by atoms with E-state index in [2.05, 4.69) is 24.1 Å². The molecule has 15 heavy (non-hydrogen) atoms. The number of nitrogens with one attached hydrogen (secondary N) is 1. The third-order valence-electron chi connectivity index (χ3n) is 2.30. The zero-order chi connectivity index (χ0) is 11.7. The summed E-state index contributed by atoms with van der Waals surface area (Å²) in [5, 5.41) is 2.08. The molecule has 0 rings (SSSR count). The molecule has 0 unspecified atom stereocenters. The second-order valence-corrected chi connectivity index (χ2v) is 3.39. The average molecular weight is 212 g/mol. The first-order valence-corrected chi connectivity index (χ1v) is 5.27. The average Bonchev–Trinajstić information content (AvgIpc) is 2.19. The Balaban J connectivity index is 3.95. The molecule has 0 atom stereocenters. The summed E-state index contributed by atoms with van der Waals surface area (Å²) in [4.78, 5) is 23.3. The van der Waals surface area contributed by atoms with E-state index in [1.807, 2.05) is 6.92 Å². The van der Waals surface area contributed by atoms with E-state index in [9.17, 15) is 9.59 Å². The molecule has 0 aliphatic rings. The van der Waals surface area contributed by atoms with Crippen LogP contribution in [0.1, 0.15) is 27.2 Å². The molecule has 86 valence electrons. The maximum absolute atomic E-state index is 11.0. The van der Waals surface area contributed by atoms with E-state index in [4.69, 9.17) is 0 Å². The molecule has 0 saturated heterocycles. The lowest BCUT2D eigenvalue weighted by Crippen LogP contribution is -2.24. The van der Waals surface area contributed by atoms with Gasteiger partial charge in [-0.2, -0.15) is 0 Å². The minimum Gasteiger partial charge on any atom is -0.304 e. The molecule has 1 N–H and O–H groups in total. The highest BCUT2D eigenvalue weighted by Gasteiger charge is 2.00. The minimum atomic E-state index is -0.345. The first-order chi connectivity index (χ1) is 7.13. The van der Waals surface area contributed by atoms with Crippen molar-refractivity contribution in [2.24, 2.45) is 0 Å². The maximum atomic E-state index is 11.0. The van der Waals surface area contributed by atoms with E-state index in [1.54, 1.807) is 0 Å². The molecule has 0 spiro atoms. The maximum Gasteiger partial charge on any atom is 0.250 e. The van der Waals surface area contributed by atoms with E-state index in [-0.39, 0.29) is 5.91 Å². The van der Waals surface area contributed by atoms with Crippen molar-refractivity contribution in [1.29, 1.82) is 0 Å². The normalized spacial score (nSPS) is 11.6. The Kier molecular flexibility index (Phi) is 7.54. The molecule has 0 aliphatic carbocycles. The summed E-state index contributed by atoms with van der Waals surface area (Å²) in [6, 6.07) is 0.